The lowest BCUT2D eigenvalue weighted by Crippen LogP contribution is -2.52. The highest BCUT2D eigenvalue weighted by atomic mass is 35.5. The summed E-state index contributed by atoms with van der Waals surface area (Å²) in [7, 11) is 0. The number of thioether (sulfide) groups is 1. The van der Waals surface area contributed by atoms with E-state index >= 15 is 0 Å². The van der Waals surface area contributed by atoms with Crippen LogP contribution in [0.2, 0.25) is 10.0 Å². The number of hydrogen-bond donors (Lipinski definition) is 1. The van der Waals surface area contributed by atoms with Gasteiger partial charge >= 0.3 is 0 Å². The Hall–Kier alpha value is -1.69. The average Bonchev–Trinajstić information content (AvgIpc) is 2.84. The molecule has 0 saturated heterocycles. The highest BCUT2D eigenvalue weighted by Crippen LogP contribution is 2.25. The molecule has 7 heteroatoms. The van der Waals surface area contributed by atoms with Gasteiger partial charge in [-0.3, -0.25) is 9.59 Å². The molecule has 0 aromatic heterocycles. The van der Waals surface area contributed by atoms with E-state index in [1.807, 2.05) is 31.2 Å². The van der Waals surface area contributed by atoms with Crippen LogP contribution in [0.5, 0.6) is 0 Å². The Morgan fingerprint density at radius 3 is 2.50 bits per heavy atom. The maximum atomic E-state index is 13.4. The lowest BCUT2D eigenvalue weighted by atomic mass is 9.95. The molecule has 0 radical (unpaired) electrons. The van der Waals surface area contributed by atoms with Gasteiger partial charge in [-0.05, 0) is 48.9 Å². The predicted molar refractivity (Wildman–Crippen MR) is 144 cm³/mol. The van der Waals surface area contributed by atoms with Crippen LogP contribution in [0.4, 0.5) is 0 Å². The summed E-state index contributed by atoms with van der Waals surface area (Å²) in [5.74, 6) is 0.860. The number of carbonyl (C=O) groups excluding carboxylic acids is 2. The number of nitrogens with one attached hydrogen (secondary N) is 1. The zero-order valence-corrected chi connectivity index (χ0v) is 22.1. The number of hydrogen-bond acceptors (Lipinski definition) is 3. The second-order valence-corrected chi connectivity index (χ2v) is 10.6. The zero-order chi connectivity index (χ0) is 24.3. The molecule has 2 aromatic carbocycles. The summed E-state index contributed by atoms with van der Waals surface area (Å²) in [5, 5.41) is 4.43. The van der Waals surface area contributed by atoms with Crippen LogP contribution in [0.1, 0.15) is 56.6 Å². The first kappa shape index (κ1) is 26.9. The van der Waals surface area contributed by atoms with Gasteiger partial charge in [-0.15, -0.1) is 11.8 Å². The van der Waals surface area contributed by atoms with Gasteiger partial charge in [0.2, 0.25) is 11.8 Å². The highest BCUT2D eigenvalue weighted by molar-refractivity contribution is 7.99. The first-order valence-electron chi connectivity index (χ1n) is 12.1. The minimum atomic E-state index is -0.460. The summed E-state index contributed by atoms with van der Waals surface area (Å²) in [6.07, 6.45) is 6.90. The van der Waals surface area contributed by atoms with E-state index in [0.717, 1.165) is 36.8 Å². The minimum absolute atomic E-state index is 0.0170. The summed E-state index contributed by atoms with van der Waals surface area (Å²) < 4.78 is 0. The van der Waals surface area contributed by atoms with Crippen LogP contribution in [0.15, 0.2) is 48.5 Å². The maximum absolute atomic E-state index is 13.4. The van der Waals surface area contributed by atoms with Crippen molar-refractivity contribution in [1.29, 1.82) is 0 Å². The summed E-state index contributed by atoms with van der Waals surface area (Å²) in [4.78, 5) is 28.4. The quantitative estimate of drug-likeness (QED) is 0.366. The molecular weight excluding hydrogens is 487 g/mol. The third kappa shape index (κ3) is 8.21. The Morgan fingerprint density at radius 2 is 1.82 bits per heavy atom. The summed E-state index contributed by atoms with van der Waals surface area (Å²) >= 11 is 13.8. The van der Waals surface area contributed by atoms with E-state index in [1.165, 1.54) is 18.2 Å². The van der Waals surface area contributed by atoms with E-state index in [2.05, 4.69) is 17.4 Å². The van der Waals surface area contributed by atoms with Crippen molar-refractivity contribution in [2.24, 2.45) is 0 Å². The molecule has 3 rings (SSSR count). The van der Waals surface area contributed by atoms with Crippen molar-refractivity contribution in [3.05, 3.63) is 69.7 Å². The van der Waals surface area contributed by atoms with Gasteiger partial charge in [0.25, 0.3) is 0 Å². The maximum Gasteiger partial charge on any atom is 0.243 e. The average molecular weight is 522 g/mol. The Morgan fingerprint density at radius 1 is 1.09 bits per heavy atom. The Balaban J connectivity index is 1.65. The zero-order valence-electron chi connectivity index (χ0n) is 19.8. The van der Waals surface area contributed by atoms with Gasteiger partial charge in [-0.1, -0.05) is 85.8 Å². The highest BCUT2D eigenvalue weighted by Gasteiger charge is 2.29. The first-order valence-corrected chi connectivity index (χ1v) is 14.0. The molecule has 0 bridgehead atoms. The van der Waals surface area contributed by atoms with E-state index in [0.29, 0.717) is 40.9 Å². The molecule has 184 valence electrons. The Kier molecular flexibility index (Phi) is 11.1. The van der Waals surface area contributed by atoms with Crippen molar-refractivity contribution in [3.63, 3.8) is 0 Å². The summed E-state index contributed by atoms with van der Waals surface area (Å²) in [5.41, 5.74) is 2.10. The number of halogens is 2. The van der Waals surface area contributed by atoms with Crippen molar-refractivity contribution in [2.75, 3.05) is 12.3 Å². The van der Waals surface area contributed by atoms with E-state index in [4.69, 9.17) is 23.2 Å². The molecule has 0 spiro atoms. The number of nitrogens with zero attached hydrogens (tertiary/aromatic N) is 1. The van der Waals surface area contributed by atoms with Crippen LogP contribution in [-0.4, -0.2) is 41.1 Å². The van der Waals surface area contributed by atoms with Crippen LogP contribution in [0, 0.1) is 0 Å². The summed E-state index contributed by atoms with van der Waals surface area (Å²) in [6, 6.07) is 15.3. The Bertz CT molecular complexity index is 935. The molecule has 1 unspecified atom stereocenters. The van der Waals surface area contributed by atoms with Crippen LogP contribution >= 0.6 is 35.0 Å². The standard InChI is InChI=1S/C27H34Cl2N2O2S/c1-2-25(27(33)30-23-11-7-4-8-12-23)31(16-15-20-9-5-3-6-10-20)26(32)19-34-18-21-13-14-22(28)17-24(21)29/h3,5-6,9-10,13-14,17,23,25H,2,4,7-8,11-12,15-16,18-19H2,1H3,(H,30,33). The SMILES string of the molecule is CCC(C(=O)NC1CCCCC1)N(CCc1ccccc1)C(=O)CSCc1ccc(Cl)cc1Cl. The van der Waals surface area contributed by atoms with E-state index in [-0.39, 0.29) is 17.9 Å². The molecular formula is C27H34Cl2N2O2S. The molecule has 2 aromatic rings. The molecule has 1 fully saturated rings. The van der Waals surface area contributed by atoms with Gasteiger partial charge in [-0.2, -0.15) is 0 Å². The molecule has 1 aliphatic rings. The fourth-order valence-corrected chi connectivity index (χ4v) is 5.88. The van der Waals surface area contributed by atoms with Gasteiger partial charge in [0.15, 0.2) is 0 Å². The number of amides is 2. The fourth-order valence-electron chi connectivity index (χ4n) is 4.41. The topological polar surface area (TPSA) is 49.4 Å². The van der Waals surface area contributed by atoms with Crippen molar-refractivity contribution in [2.45, 2.75) is 69.7 Å². The lowest BCUT2D eigenvalue weighted by Gasteiger charge is -2.32. The molecule has 1 saturated carbocycles. The van der Waals surface area contributed by atoms with Gasteiger partial charge in [0.1, 0.15) is 6.04 Å². The van der Waals surface area contributed by atoms with Gasteiger partial charge in [0.05, 0.1) is 5.75 Å². The molecule has 0 aliphatic heterocycles. The summed E-state index contributed by atoms with van der Waals surface area (Å²) in [6.45, 7) is 2.50. The smallest absolute Gasteiger partial charge is 0.243 e. The van der Waals surface area contributed by atoms with Gasteiger partial charge in [-0.25, -0.2) is 0 Å². The van der Waals surface area contributed by atoms with Crippen molar-refractivity contribution < 1.29 is 9.59 Å². The normalized spacial score (nSPS) is 15.0. The molecule has 0 heterocycles. The molecule has 4 nitrogen and oxygen atoms in total. The van der Waals surface area contributed by atoms with Crippen molar-refractivity contribution in [3.8, 4) is 0 Å². The van der Waals surface area contributed by atoms with E-state index in [1.54, 1.807) is 17.0 Å². The molecule has 1 aliphatic carbocycles. The number of carbonyl (C=O) groups is 2. The largest absolute Gasteiger partial charge is 0.352 e. The molecule has 2 amide bonds. The van der Waals surface area contributed by atoms with Gasteiger partial charge in [0, 0.05) is 28.4 Å². The number of rotatable bonds is 11. The number of benzene rings is 2. The van der Waals surface area contributed by atoms with E-state index < -0.39 is 6.04 Å². The monoisotopic (exact) mass is 520 g/mol. The second-order valence-electron chi connectivity index (χ2n) is 8.82. The minimum Gasteiger partial charge on any atom is -0.352 e. The van der Waals surface area contributed by atoms with E-state index in [9.17, 15) is 9.59 Å². The molecule has 1 atom stereocenters. The lowest BCUT2D eigenvalue weighted by molar-refractivity contribution is -0.139. The first-order chi connectivity index (χ1) is 16.5. The fraction of sp³-hybridized carbons (Fsp3) is 0.481. The van der Waals surface area contributed by atoms with Crippen LogP contribution in [0.25, 0.3) is 0 Å². The van der Waals surface area contributed by atoms with Crippen LogP contribution < -0.4 is 5.32 Å². The Labute approximate surface area is 217 Å². The molecule has 34 heavy (non-hydrogen) atoms. The third-order valence-electron chi connectivity index (χ3n) is 6.32. The second kappa shape index (κ2) is 14.0. The predicted octanol–water partition coefficient (Wildman–Crippen LogP) is 6.53. The van der Waals surface area contributed by atoms with Crippen molar-refractivity contribution in [1.82, 2.24) is 10.2 Å². The van der Waals surface area contributed by atoms with Crippen molar-refractivity contribution >= 4 is 46.8 Å². The molecule has 1 N–H and O–H groups in total. The van der Waals surface area contributed by atoms with Gasteiger partial charge < -0.3 is 10.2 Å². The van der Waals surface area contributed by atoms with Crippen LogP contribution in [0.3, 0.4) is 0 Å². The van der Waals surface area contributed by atoms with Crippen LogP contribution in [-0.2, 0) is 21.8 Å². The third-order valence-corrected chi connectivity index (χ3v) is 7.87.